The Balaban J connectivity index is 0.000000585. The Bertz CT molecular complexity index is 1850. The van der Waals surface area contributed by atoms with Gasteiger partial charge in [-0.2, -0.15) is 4.39 Å². The van der Waals surface area contributed by atoms with Gasteiger partial charge in [-0.1, -0.05) is 31.2 Å². The molecule has 0 saturated heterocycles. The second-order valence-corrected chi connectivity index (χ2v) is 11.1. The van der Waals surface area contributed by atoms with E-state index < -0.39 is 12.0 Å². The molecule has 11 nitrogen and oxygen atoms in total. The molecule has 3 N–H and O–H groups in total. The van der Waals surface area contributed by atoms with Crippen molar-refractivity contribution in [2.24, 2.45) is 19.8 Å². The van der Waals surface area contributed by atoms with Crippen molar-refractivity contribution in [3.05, 3.63) is 58.7 Å². The quantitative estimate of drug-likeness (QED) is 0.296. The third-order valence-corrected chi connectivity index (χ3v) is 8.52. The van der Waals surface area contributed by atoms with E-state index in [-0.39, 0.29) is 17.8 Å². The number of amides is 1. The molecule has 1 aliphatic carbocycles. The lowest BCUT2D eigenvalue weighted by Crippen LogP contribution is -2.25. The number of imidazole rings is 1. The van der Waals surface area contributed by atoms with Gasteiger partial charge in [0.15, 0.2) is 0 Å². The minimum absolute atomic E-state index is 0.0254. The van der Waals surface area contributed by atoms with Gasteiger partial charge < -0.3 is 20.2 Å². The van der Waals surface area contributed by atoms with Crippen LogP contribution in [0.3, 0.4) is 0 Å². The smallest absolute Gasteiger partial charge is 0.404 e. The van der Waals surface area contributed by atoms with Crippen LogP contribution in [-0.2, 0) is 23.6 Å². The summed E-state index contributed by atoms with van der Waals surface area (Å²) in [6.45, 7) is 2.92. The number of halogens is 1. The molecule has 1 saturated carbocycles. The highest BCUT2D eigenvalue weighted by atomic mass is 19.1. The molecule has 4 bridgehead atoms. The van der Waals surface area contributed by atoms with Crippen molar-refractivity contribution in [2.75, 3.05) is 13.7 Å². The molecule has 6 heterocycles. The number of hydrogen-bond donors (Lipinski definition) is 2. The van der Waals surface area contributed by atoms with E-state index in [9.17, 15) is 9.59 Å². The molecule has 1 amide bonds. The summed E-state index contributed by atoms with van der Waals surface area (Å²) in [5, 5.41) is 4.78. The van der Waals surface area contributed by atoms with Gasteiger partial charge in [0.1, 0.15) is 5.65 Å². The topological polar surface area (TPSA) is 135 Å². The lowest BCUT2D eigenvalue weighted by Gasteiger charge is -2.16. The number of primary amides is 1. The van der Waals surface area contributed by atoms with Crippen LogP contribution in [0.5, 0.6) is 0 Å². The first kappa shape index (κ1) is 27.7. The third-order valence-electron chi connectivity index (χ3n) is 8.52. The van der Waals surface area contributed by atoms with E-state index in [1.54, 1.807) is 31.1 Å². The summed E-state index contributed by atoms with van der Waals surface area (Å²) >= 11 is 0. The van der Waals surface area contributed by atoms with Crippen LogP contribution in [0.2, 0.25) is 0 Å². The number of nitrogens with one attached hydrogen (secondary N) is 1. The Morgan fingerprint density at radius 3 is 2.60 bits per heavy atom. The highest BCUT2D eigenvalue weighted by Gasteiger charge is 2.32. The predicted molar refractivity (Wildman–Crippen MR) is 157 cm³/mol. The number of H-pyrrole nitrogens is 1. The van der Waals surface area contributed by atoms with E-state index in [0.29, 0.717) is 29.4 Å². The van der Waals surface area contributed by atoms with Gasteiger partial charge in [0.2, 0.25) is 5.95 Å². The van der Waals surface area contributed by atoms with Gasteiger partial charge >= 0.3 is 11.8 Å². The molecule has 8 rings (SSSR count). The molecular formula is C30H34FN7O4. The number of rotatable bonds is 1. The lowest BCUT2D eigenvalue weighted by molar-refractivity contribution is 0.0519. The van der Waals surface area contributed by atoms with Crippen LogP contribution in [0, 0.1) is 5.95 Å². The number of nitrogens with two attached hydrogens (primary N) is 1. The number of hydrogen-bond acceptors (Lipinski definition) is 6. The molecule has 1 fully saturated rings. The number of ether oxygens (including phenoxy) is 2. The number of aromatic nitrogens is 6. The molecule has 3 atom stereocenters. The fraction of sp³-hybridized carbons (Fsp3) is 0.400. The molecule has 5 aromatic rings. The maximum Gasteiger partial charge on any atom is 0.404 e. The first-order chi connectivity index (χ1) is 20.2. The first-order valence-corrected chi connectivity index (χ1v) is 14.0. The van der Waals surface area contributed by atoms with Crippen LogP contribution in [0.1, 0.15) is 50.1 Å². The van der Waals surface area contributed by atoms with Crippen molar-refractivity contribution in [2.45, 2.75) is 50.7 Å². The van der Waals surface area contributed by atoms with Crippen LogP contribution in [0.15, 0.2) is 41.5 Å². The third kappa shape index (κ3) is 4.65. The van der Waals surface area contributed by atoms with Gasteiger partial charge in [0.25, 0.3) is 0 Å². The zero-order valence-electron chi connectivity index (χ0n) is 24.1. The van der Waals surface area contributed by atoms with Gasteiger partial charge in [-0.25, -0.2) is 14.6 Å². The van der Waals surface area contributed by atoms with E-state index in [4.69, 9.17) is 9.72 Å². The molecule has 0 spiro atoms. The fourth-order valence-electron chi connectivity index (χ4n) is 6.30. The number of carbonyl (C=O) groups is 1. The van der Waals surface area contributed by atoms with Gasteiger partial charge in [0.05, 0.1) is 47.1 Å². The molecule has 1 aromatic carbocycles. The average molecular weight is 576 g/mol. The highest BCUT2D eigenvalue weighted by molar-refractivity contribution is 6.14. The Kier molecular flexibility index (Phi) is 7.09. The average Bonchev–Trinajstić information content (AvgIpc) is 3.73. The van der Waals surface area contributed by atoms with Gasteiger partial charge in [0, 0.05) is 38.5 Å². The Morgan fingerprint density at radius 1 is 1.19 bits per heavy atom. The Morgan fingerprint density at radius 2 is 1.93 bits per heavy atom. The number of fused-ring (bicyclic) bond motifs is 5. The molecule has 4 aromatic heterocycles. The summed E-state index contributed by atoms with van der Waals surface area (Å²) < 4.78 is 30.3. The van der Waals surface area contributed by atoms with E-state index in [2.05, 4.69) is 51.7 Å². The molecular weight excluding hydrogens is 541 g/mol. The van der Waals surface area contributed by atoms with Crippen molar-refractivity contribution in [1.29, 1.82) is 0 Å². The van der Waals surface area contributed by atoms with Crippen LogP contribution in [-0.4, -0.2) is 54.8 Å². The van der Waals surface area contributed by atoms with Crippen molar-refractivity contribution >= 4 is 28.2 Å². The number of carbonyl (C=O) groups excluding carboxylic acids is 1. The van der Waals surface area contributed by atoms with Crippen molar-refractivity contribution in [1.82, 2.24) is 28.9 Å². The Labute approximate surface area is 241 Å². The molecule has 0 radical (unpaired) electrons. The maximum atomic E-state index is 15.0. The normalized spacial score (nSPS) is 20.0. The standard InChI is InChI=1S/C28H29FN6O2.C2H5NO2/c1-15-10-11-37-19-9-8-18(12-19)35-25-21(34(3)28(35)36)13-30-27-23(25)22(17-6-4-16(15)5-7-17)24(31-27)20-14-33(2)32-26(20)29;1-5-2(3)4/h4-7,13-15,18-19H,8-12H2,1-3H3,(H,30,31);1H3,(H2,3,4)/t15?,18?,19-;/m0./s1. The SMILES string of the molecule is CC1CCO[C@H]2CCC(C2)n2c(=O)n(C)c3cnc4[nH]c(-c5cn(C)nc5F)c(c4c32)-c2ccc1cc2.COC(N)=O. The van der Waals surface area contributed by atoms with Crippen molar-refractivity contribution in [3.8, 4) is 22.4 Å². The summed E-state index contributed by atoms with van der Waals surface area (Å²) in [4.78, 5) is 31.1. The molecule has 2 aliphatic heterocycles. The zero-order valence-corrected chi connectivity index (χ0v) is 24.1. The van der Waals surface area contributed by atoms with Crippen LogP contribution < -0.4 is 11.4 Å². The van der Waals surface area contributed by atoms with Gasteiger partial charge in [-0.15, -0.1) is 5.10 Å². The second kappa shape index (κ2) is 10.8. The zero-order chi connectivity index (χ0) is 29.7. The molecule has 12 heteroatoms. The molecule has 3 aliphatic rings. The highest BCUT2D eigenvalue weighted by Crippen LogP contribution is 2.43. The molecule has 42 heavy (non-hydrogen) atoms. The monoisotopic (exact) mass is 575 g/mol. The van der Waals surface area contributed by atoms with E-state index in [1.807, 2.05) is 4.57 Å². The number of aryl methyl sites for hydroxylation is 2. The fourth-order valence-corrected chi connectivity index (χ4v) is 6.30. The van der Waals surface area contributed by atoms with E-state index in [0.717, 1.165) is 53.2 Å². The molecule has 2 unspecified atom stereocenters. The second-order valence-electron chi connectivity index (χ2n) is 11.1. The number of nitrogens with zero attached hydrogens (tertiary/aromatic N) is 5. The van der Waals surface area contributed by atoms with Crippen LogP contribution in [0.25, 0.3) is 44.5 Å². The summed E-state index contributed by atoms with van der Waals surface area (Å²) in [6, 6.07) is 8.48. The van der Waals surface area contributed by atoms with Gasteiger partial charge in [-0.3, -0.25) is 13.8 Å². The van der Waals surface area contributed by atoms with Crippen LogP contribution in [0.4, 0.5) is 9.18 Å². The minimum atomic E-state index is -0.745. The Hall–Kier alpha value is -4.45. The summed E-state index contributed by atoms with van der Waals surface area (Å²) in [5.74, 6) is -0.201. The number of pyridine rings is 1. The van der Waals surface area contributed by atoms with Crippen LogP contribution >= 0.6 is 0 Å². The number of aromatic amines is 1. The van der Waals surface area contributed by atoms with Gasteiger partial charge in [-0.05, 0) is 42.7 Å². The predicted octanol–water partition coefficient (Wildman–Crippen LogP) is 4.75. The number of methoxy groups -OCH3 is 1. The lowest BCUT2D eigenvalue weighted by atomic mass is 9.94. The van der Waals surface area contributed by atoms with E-state index in [1.165, 1.54) is 17.4 Å². The number of benzene rings is 1. The summed E-state index contributed by atoms with van der Waals surface area (Å²) in [5.41, 5.74) is 10.6. The first-order valence-electron chi connectivity index (χ1n) is 14.0. The van der Waals surface area contributed by atoms with Crippen molar-refractivity contribution < 1.29 is 18.7 Å². The largest absolute Gasteiger partial charge is 0.453 e. The molecule has 220 valence electrons. The minimum Gasteiger partial charge on any atom is -0.453 e. The van der Waals surface area contributed by atoms with Crippen molar-refractivity contribution in [3.63, 3.8) is 0 Å². The summed E-state index contributed by atoms with van der Waals surface area (Å²) in [7, 11) is 4.72. The van der Waals surface area contributed by atoms with E-state index >= 15 is 4.39 Å². The summed E-state index contributed by atoms with van der Waals surface area (Å²) in [6.07, 6.45) is 6.33. The maximum absolute atomic E-state index is 15.0.